The molecule has 5 N–H and O–H groups in total. The van der Waals surface area contributed by atoms with Gasteiger partial charge in [-0.05, 0) is 30.5 Å². The maximum atomic E-state index is 12.3. The summed E-state index contributed by atoms with van der Waals surface area (Å²) in [6, 6.07) is 5.10. The van der Waals surface area contributed by atoms with Gasteiger partial charge in [0.1, 0.15) is 5.75 Å². The van der Waals surface area contributed by atoms with Gasteiger partial charge in [-0.3, -0.25) is 4.79 Å². The van der Waals surface area contributed by atoms with Crippen molar-refractivity contribution < 1.29 is 37.8 Å². The minimum Gasteiger partial charge on any atom is -0.508 e. The minimum absolute atomic E-state index is 0. The standard InChI is InChI=1S/C15H18N2O6S.CO2.ClH/c16-11(5-8-1-3-9(18)4-2-8)13(19)17-15(14(20)21)7-24(22,23)12-6-10(12)15;2-1-3;/h1-4,10-12,18H,5-7,16H2,(H,17,19)(H,20,21);;1H/t10-,11+,12+,15+;;/m1../s1. The second-order valence-corrected chi connectivity index (χ2v) is 8.73. The lowest BCUT2D eigenvalue weighted by molar-refractivity contribution is -0.191. The molecule has 0 spiro atoms. The van der Waals surface area contributed by atoms with Gasteiger partial charge >= 0.3 is 12.1 Å². The third-order valence-electron chi connectivity index (χ3n) is 4.71. The Labute approximate surface area is 166 Å². The van der Waals surface area contributed by atoms with Crippen LogP contribution in [0.25, 0.3) is 0 Å². The van der Waals surface area contributed by atoms with Gasteiger partial charge in [-0.15, -0.1) is 12.4 Å². The Balaban J connectivity index is 0.000000921. The number of nitrogens with one attached hydrogen (secondary N) is 1. The maximum Gasteiger partial charge on any atom is 0.373 e. The first-order valence-corrected chi connectivity index (χ1v) is 9.58. The van der Waals surface area contributed by atoms with Gasteiger partial charge < -0.3 is 21.3 Å². The molecule has 0 bridgehead atoms. The second kappa shape index (κ2) is 8.70. The summed E-state index contributed by atoms with van der Waals surface area (Å²) in [5.74, 6) is -3.15. The number of halogens is 1. The van der Waals surface area contributed by atoms with E-state index in [1.165, 1.54) is 12.1 Å². The highest BCUT2D eigenvalue weighted by molar-refractivity contribution is 7.92. The van der Waals surface area contributed by atoms with Crippen LogP contribution in [-0.4, -0.2) is 59.2 Å². The summed E-state index contributed by atoms with van der Waals surface area (Å²) >= 11 is 0. The highest BCUT2D eigenvalue weighted by Gasteiger charge is 2.70. The number of hydrogen-bond donors (Lipinski definition) is 4. The first kappa shape index (κ1) is 23.6. The first-order valence-electron chi connectivity index (χ1n) is 7.87. The normalized spacial score (nSPS) is 26.9. The molecule has 2 fully saturated rings. The lowest BCUT2D eigenvalue weighted by Crippen LogP contribution is -2.61. The molecule has 1 aromatic rings. The van der Waals surface area contributed by atoms with E-state index in [0.29, 0.717) is 5.56 Å². The topological polar surface area (TPSA) is 181 Å². The van der Waals surface area contributed by atoms with Crippen molar-refractivity contribution >= 4 is 40.3 Å². The molecule has 1 heterocycles. The van der Waals surface area contributed by atoms with Crippen molar-refractivity contribution in [1.82, 2.24) is 5.32 Å². The van der Waals surface area contributed by atoms with E-state index in [1.807, 2.05) is 0 Å². The first-order chi connectivity index (χ1) is 12.6. The maximum absolute atomic E-state index is 12.3. The molecule has 154 valence electrons. The molecule has 12 heteroatoms. The number of rotatable bonds is 5. The van der Waals surface area contributed by atoms with Gasteiger partial charge in [-0.1, -0.05) is 12.1 Å². The number of nitrogens with two attached hydrogens (primary N) is 1. The van der Waals surface area contributed by atoms with Crippen molar-refractivity contribution in [2.24, 2.45) is 11.7 Å². The lowest BCUT2D eigenvalue weighted by Gasteiger charge is -2.28. The number of carbonyl (C=O) groups is 2. The molecule has 0 unspecified atom stereocenters. The fourth-order valence-corrected chi connectivity index (χ4v) is 5.80. The van der Waals surface area contributed by atoms with Crippen LogP contribution in [0.1, 0.15) is 12.0 Å². The van der Waals surface area contributed by atoms with E-state index in [2.05, 4.69) is 5.32 Å². The summed E-state index contributed by atoms with van der Waals surface area (Å²) < 4.78 is 23.9. The number of phenolic OH excluding ortho intramolecular Hbond substituents is 1. The molecule has 10 nitrogen and oxygen atoms in total. The fourth-order valence-electron chi connectivity index (χ4n) is 3.31. The third kappa shape index (κ3) is 4.68. The number of carboxylic acid groups (broad SMARTS) is 1. The molecule has 1 aliphatic heterocycles. The molecule has 2 aliphatic rings. The summed E-state index contributed by atoms with van der Waals surface area (Å²) in [4.78, 5) is 40.2. The predicted octanol–water partition coefficient (Wildman–Crippen LogP) is -1.14. The molecule has 1 saturated heterocycles. The number of carboxylic acids is 1. The molecule has 1 aromatic carbocycles. The molecular weight excluding hydrogens is 416 g/mol. The van der Waals surface area contributed by atoms with Crippen LogP contribution in [0, 0.1) is 5.92 Å². The van der Waals surface area contributed by atoms with Crippen LogP contribution in [-0.2, 0) is 35.4 Å². The molecule has 1 amide bonds. The SMILES string of the molecule is Cl.N[C@@H](Cc1ccc(O)cc1)C(=O)N[C@@]1(C(=O)O)CS(=O)(=O)[C@H]2C[C@H]21.O=C=O. The number of hydrogen-bond acceptors (Lipinski definition) is 8. The number of amides is 1. The Morgan fingerprint density at radius 1 is 1.29 bits per heavy atom. The molecular formula is C16H19ClN2O8S. The quantitative estimate of drug-likeness (QED) is 0.445. The molecule has 0 radical (unpaired) electrons. The Morgan fingerprint density at radius 3 is 2.21 bits per heavy atom. The average molecular weight is 435 g/mol. The van der Waals surface area contributed by atoms with Gasteiger partial charge in [0.15, 0.2) is 15.4 Å². The van der Waals surface area contributed by atoms with E-state index in [1.54, 1.807) is 12.1 Å². The van der Waals surface area contributed by atoms with E-state index in [4.69, 9.17) is 15.3 Å². The Bertz CT molecular complexity index is 882. The van der Waals surface area contributed by atoms with E-state index >= 15 is 0 Å². The van der Waals surface area contributed by atoms with E-state index < -0.39 is 50.2 Å². The molecule has 28 heavy (non-hydrogen) atoms. The van der Waals surface area contributed by atoms with Gasteiger partial charge in [0, 0.05) is 5.92 Å². The second-order valence-electron chi connectivity index (χ2n) is 6.51. The van der Waals surface area contributed by atoms with Gasteiger partial charge in [0.2, 0.25) is 5.91 Å². The number of phenols is 1. The van der Waals surface area contributed by atoms with Gasteiger partial charge in [-0.2, -0.15) is 9.59 Å². The zero-order chi connectivity index (χ0) is 20.4. The van der Waals surface area contributed by atoms with Crippen molar-refractivity contribution in [3.63, 3.8) is 0 Å². The van der Waals surface area contributed by atoms with Crippen LogP contribution in [0.5, 0.6) is 5.75 Å². The number of fused-ring (bicyclic) bond motifs is 1. The summed E-state index contributed by atoms with van der Waals surface area (Å²) in [5.41, 5.74) is 4.75. The monoisotopic (exact) mass is 434 g/mol. The summed E-state index contributed by atoms with van der Waals surface area (Å²) in [6.07, 6.45) is 0.644. The number of sulfone groups is 1. The Hall–Kier alpha value is -2.46. The van der Waals surface area contributed by atoms with Crippen LogP contribution in [0.15, 0.2) is 24.3 Å². The Morgan fingerprint density at radius 2 is 1.82 bits per heavy atom. The van der Waals surface area contributed by atoms with Crippen molar-refractivity contribution in [3.05, 3.63) is 29.8 Å². The van der Waals surface area contributed by atoms with Crippen LogP contribution >= 0.6 is 12.4 Å². The van der Waals surface area contributed by atoms with Crippen molar-refractivity contribution in [2.75, 3.05) is 5.75 Å². The molecule has 1 aliphatic carbocycles. The molecule has 3 rings (SSSR count). The number of aromatic hydroxyl groups is 1. The third-order valence-corrected chi connectivity index (χ3v) is 7.01. The Kier molecular flexibility index (Phi) is 7.32. The van der Waals surface area contributed by atoms with Crippen LogP contribution in [0.3, 0.4) is 0 Å². The van der Waals surface area contributed by atoms with Crippen molar-refractivity contribution in [2.45, 2.75) is 29.7 Å². The number of benzene rings is 1. The zero-order valence-corrected chi connectivity index (χ0v) is 16.0. The van der Waals surface area contributed by atoms with Crippen LogP contribution < -0.4 is 11.1 Å². The highest BCUT2D eigenvalue weighted by atomic mass is 35.5. The molecule has 1 saturated carbocycles. The highest BCUT2D eigenvalue weighted by Crippen LogP contribution is 2.52. The smallest absolute Gasteiger partial charge is 0.373 e. The van der Waals surface area contributed by atoms with E-state index in [0.717, 1.165) is 0 Å². The fraction of sp³-hybridized carbons (Fsp3) is 0.438. The molecule has 0 aromatic heterocycles. The zero-order valence-electron chi connectivity index (χ0n) is 14.4. The summed E-state index contributed by atoms with van der Waals surface area (Å²) in [5, 5.41) is 20.4. The lowest BCUT2D eigenvalue weighted by atomic mass is 9.94. The van der Waals surface area contributed by atoms with Gasteiger partial charge in [0.05, 0.1) is 17.0 Å². The van der Waals surface area contributed by atoms with Crippen molar-refractivity contribution in [1.29, 1.82) is 0 Å². The van der Waals surface area contributed by atoms with E-state index in [9.17, 15) is 28.2 Å². The summed E-state index contributed by atoms with van der Waals surface area (Å²) in [7, 11) is -3.50. The van der Waals surface area contributed by atoms with E-state index in [-0.39, 0.29) is 37.1 Å². The molecule has 4 atom stereocenters. The van der Waals surface area contributed by atoms with Crippen LogP contribution in [0.4, 0.5) is 0 Å². The van der Waals surface area contributed by atoms with Crippen molar-refractivity contribution in [3.8, 4) is 5.75 Å². The number of carbonyl (C=O) groups excluding carboxylic acids is 3. The predicted molar refractivity (Wildman–Crippen MR) is 96.2 cm³/mol. The summed E-state index contributed by atoms with van der Waals surface area (Å²) in [6.45, 7) is 0. The van der Waals surface area contributed by atoms with Gasteiger partial charge in [0.25, 0.3) is 0 Å². The number of aliphatic carboxylic acids is 1. The average Bonchev–Trinajstić information content (AvgIpc) is 3.34. The van der Waals surface area contributed by atoms with Crippen LogP contribution in [0.2, 0.25) is 0 Å². The minimum atomic E-state index is -3.50. The largest absolute Gasteiger partial charge is 0.508 e. The van der Waals surface area contributed by atoms with Gasteiger partial charge in [-0.25, -0.2) is 13.2 Å².